The van der Waals surface area contributed by atoms with Crippen molar-refractivity contribution in [3.05, 3.63) is 29.0 Å². The Morgan fingerprint density at radius 3 is 2.78 bits per heavy atom. The lowest BCUT2D eigenvalue weighted by atomic mass is 10.2. The number of hydrogen-bond acceptors (Lipinski definition) is 6. The molecular weight excluding hydrogens is 334 g/mol. The molecule has 1 aromatic rings. The number of carbonyl (C=O) groups is 1. The van der Waals surface area contributed by atoms with E-state index in [9.17, 15) is 10.1 Å². The molecule has 1 atom stereocenters. The van der Waals surface area contributed by atoms with Crippen LogP contribution >= 0.6 is 23.4 Å². The topological polar surface area (TPSA) is 75.3 Å². The molecule has 7 heteroatoms. The van der Waals surface area contributed by atoms with E-state index in [4.69, 9.17) is 16.3 Å². The number of ether oxygens (including phenoxy) is 1. The molecule has 23 heavy (non-hydrogen) atoms. The van der Waals surface area contributed by atoms with Crippen molar-refractivity contribution in [2.24, 2.45) is 16.8 Å². The number of pyridine rings is 1. The number of hydrogen-bond donors (Lipinski definition) is 0. The van der Waals surface area contributed by atoms with Gasteiger partial charge in [0.1, 0.15) is 5.15 Å². The number of aromatic nitrogens is 1. The second-order valence-electron chi connectivity index (χ2n) is 5.16. The lowest BCUT2D eigenvalue weighted by Crippen LogP contribution is -2.24. The number of halogens is 1. The predicted molar refractivity (Wildman–Crippen MR) is 93.4 cm³/mol. The Bertz CT molecular complexity index is 582. The summed E-state index contributed by atoms with van der Waals surface area (Å²) in [6.45, 7) is 6.42. The zero-order valence-electron chi connectivity index (χ0n) is 13.5. The van der Waals surface area contributed by atoms with E-state index < -0.39 is 11.9 Å². The third-order valence-corrected chi connectivity index (χ3v) is 4.39. The monoisotopic (exact) mass is 353 g/mol. The van der Waals surface area contributed by atoms with Gasteiger partial charge < -0.3 is 4.74 Å². The number of nitriles is 1. The number of rotatable bonds is 7. The van der Waals surface area contributed by atoms with Gasteiger partial charge in [0.2, 0.25) is 0 Å². The van der Waals surface area contributed by atoms with Crippen molar-refractivity contribution in [3.63, 3.8) is 0 Å². The quantitative estimate of drug-likeness (QED) is 0.323. The maximum absolute atomic E-state index is 11.9. The van der Waals surface area contributed by atoms with Crippen LogP contribution in [0.25, 0.3) is 0 Å². The van der Waals surface area contributed by atoms with E-state index in [1.165, 1.54) is 11.8 Å². The van der Waals surface area contributed by atoms with Gasteiger partial charge in [-0.3, -0.25) is 9.79 Å². The van der Waals surface area contributed by atoms with Gasteiger partial charge in [-0.05, 0) is 24.5 Å². The number of esters is 1. The first kappa shape index (κ1) is 19.5. The van der Waals surface area contributed by atoms with Gasteiger partial charge in [-0.25, -0.2) is 4.98 Å². The fourth-order valence-corrected chi connectivity index (χ4v) is 2.66. The molecule has 1 heterocycles. The Kier molecular flexibility index (Phi) is 8.67. The molecule has 0 aliphatic carbocycles. The number of carbonyl (C=O) groups excluding carboxylic acids is 1. The van der Waals surface area contributed by atoms with E-state index in [0.29, 0.717) is 22.7 Å². The van der Waals surface area contributed by atoms with E-state index >= 15 is 0 Å². The molecule has 0 aliphatic heterocycles. The first-order valence-corrected chi connectivity index (χ1v) is 8.68. The summed E-state index contributed by atoms with van der Waals surface area (Å²) in [7, 11) is 0. The largest absolute Gasteiger partial charge is 0.465 e. The first-order valence-electron chi connectivity index (χ1n) is 7.31. The highest BCUT2D eigenvalue weighted by molar-refractivity contribution is 8.14. The van der Waals surface area contributed by atoms with Gasteiger partial charge in [0, 0.05) is 11.9 Å². The van der Waals surface area contributed by atoms with Gasteiger partial charge in [-0.1, -0.05) is 31.5 Å². The molecule has 0 radical (unpaired) electrons. The van der Waals surface area contributed by atoms with Crippen LogP contribution in [0.2, 0.25) is 5.15 Å². The maximum atomic E-state index is 11.9. The van der Waals surface area contributed by atoms with Crippen molar-refractivity contribution >= 4 is 34.4 Å². The number of thioether (sulfide) groups is 1. The van der Waals surface area contributed by atoms with Crippen LogP contribution < -0.4 is 0 Å². The molecule has 5 nitrogen and oxygen atoms in total. The van der Waals surface area contributed by atoms with Crippen molar-refractivity contribution in [1.82, 2.24) is 4.98 Å². The highest BCUT2D eigenvalue weighted by Gasteiger charge is 2.26. The van der Waals surface area contributed by atoms with Crippen LogP contribution in [0.1, 0.15) is 26.3 Å². The molecule has 0 saturated heterocycles. The van der Waals surface area contributed by atoms with Gasteiger partial charge in [0.05, 0.1) is 24.3 Å². The Morgan fingerprint density at radius 2 is 2.26 bits per heavy atom. The highest BCUT2D eigenvalue weighted by atomic mass is 35.5. The lowest BCUT2D eigenvalue weighted by Gasteiger charge is -2.13. The highest BCUT2D eigenvalue weighted by Crippen LogP contribution is 2.19. The van der Waals surface area contributed by atoms with E-state index in [1.54, 1.807) is 19.2 Å². The molecule has 0 N–H and O–H groups in total. The van der Waals surface area contributed by atoms with Gasteiger partial charge >= 0.3 is 5.97 Å². The average Bonchev–Trinajstić information content (AvgIpc) is 2.51. The summed E-state index contributed by atoms with van der Waals surface area (Å²) in [6, 6.07) is 5.49. The molecule has 0 aromatic carbocycles. The Morgan fingerprint density at radius 1 is 1.52 bits per heavy atom. The molecule has 1 rings (SSSR count). The third kappa shape index (κ3) is 7.02. The second-order valence-corrected chi connectivity index (χ2v) is 6.59. The van der Waals surface area contributed by atoms with Crippen molar-refractivity contribution in [2.45, 2.75) is 27.3 Å². The van der Waals surface area contributed by atoms with Gasteiger partial charge in [0.15, 0.2) is 5.92 Å². The van der Waals surface area contributed by atoms with Crippen LogP contribution in [-0.2, 0) is 16.1 Å². The molecular formula is C16H20ClN3O2S. The minimum atomic E-state index is -0.987. The standard InChI is InChI=1S/C16H20ClN3O2S/c1-4-22-16(21)13(7-18)15(23-10-11(2)3)20-9-12-5-6-14(17)19-8-12/h5-6,8,11,13H,4,9-10H2,1-3H3/t13-/m1/s1. The second kappa shape index (κ2) is 10.2. The fourth-order valence-electron chi connectivity index (χ4n) is 1.58. The summed E-state index contributed by atoms with van der Waals surface area (Å²) in [6.07, 6.45) is 1.63. The van der Waals surface area contributed by atoms with E-state index in [1.807, 2.05) is 12.1 Å². The molecule has 1 aromatic heterocycles. The van der Waals surface area contributed by atoms with Crippen LogP contribution in [0.3, 0.4) is 0 Å². The Balaban J connectivity index is 2.93. The van der Waals surface area contributed by atoms with Crippen LogP contribution in [0, 0.1) is 23.2 Å². The van der Waals surface area contributed by atoms with E-state index in [0.717, 1.165) is 11.3 Å². The summed E-state index contributed by atoms with van der Waals surface area (Å²) in [5.41, 5.74) is 0.859. The van der Waals surface area contributed by atoms with Crippen molar-refractivity contribution < 1.29 is 9.53 Å². The Hall–Kier alpha value is -1.58. The SMILES string of the molecule is CCOC(=O)[C@H](C#N)C(=NCc1ccc(Cl)nc1)SCC(C)C. The molecule has 0 saturated carbocycles. The van der Waals surface area contributed by atoms with Crippen molar-refractivity contribution in [3.8, 4) is 6.07 Å². The summed E-state index contributed by atoms with van der Waals surface area (Å²) < 4.78 is 4.97. The normalized spacial score (nSPS) is 12.8. The van der Waals surface area contributed by atoms with Gasteiger partial charge in [-0.2, -0.15) is 5.26 Å². The smallest absolute Gasteiger partial charge is 0.330 e. The summed E-state index contributed by atoms with van der Waals surface area (Å²) >= 11 is 7.17. The number of aliphatic imine (C=N–C) groups is 1. The minimum absolute atomic E-state index is 0.236. The average molecular weight is 354 g/mol. The minimum Gasteiger partial charge on any atom is -0.465 e. The zero-order valence-corrected chi connectivity index (χ0v) is 15.0. The molecule has 0 aliphatic rings. The van der Waals surface area contributed by atoms with Crippen molar-refractivity contribution in [1.29, 1.82) is 5.26 Å². The molecule has 0 bridgehead atoms. The van der Waals surface area contributed by atoms with Crippen molar-refractivity contribution in [2.75, 3.05) is 12.4 Å². The summed E-state index contributed by atoms with van der Waals surface area (Å²) in [4.78, 5) is 20.4. The Labute approximate surface area is 146 Å². The molecule has 0 unspecified atom stereocenters. The van der Waals surface area contributed by atoms with Gasteiger partial charge in [0.25, 0.3) is 0 Å². The van der Waals surface area contributed by atoms with E-state index in [2.05, 4.69) is 23.8 Å². The molecule has 0 fully saturated rings. The zero-order chi connectivity index (χ0) is 17.2. The molecule has 124 valence electrons. The fraction of sp³-hybridized carbons (Fsp3) is 0.500. The number of nitrogens with zero attached hydrogens (tertiary/aromatic N) is 3. The molecule has 0 amide bonds. The van der Waals surface area contributed by atoms with Crippen LogP contribution in [0.5, 0.6) is 0 Å². The van der Waals surface area contributed by atoms with Crippen LogP contribution in [0.4, 0.5) is 0 Å². The predicted octanol–water partition coefficient (Wildman–Crippen LogP) is 3.73. The summed E-state index contributed by atoms with van der Waals surface area (Å²) in [5, 5.41) is 10.2. The lowest BCUT2D eigenvalue weighted by molar-refractivity contribution is -0.143. The summed E-state index contributed by atoms with van der Waals surface area (Å²) in [5.74, 6) is -0.350. The third-order valence-electron chi connectivity index (χ3n) is 2.67. The maximum Gasteiger partial charge on any atom is 0.330 e. The van der Waals surface area contributed by atoms with Crippen LogP contribution in [-0.4, -0.2) is 28.4 Å². The first-order chi connectivity index (χ1) is 11.0. The van der Waals surface area contributed by atoms with E-state index in [-0.39, 0.29) is 6.61 Å². The van der Waals surface area contributed by atoms with Crippen LogP contribution in [0.15, 0.2) is 23.3 Å². The van der Waals surface area contributed by atoms with Gasteiger partial charge in [-0.15, -0.1) is 11.8 Å². The molecule has 0 spiro atoms.